The Kier molecular flexibility index (Phi) is 4.16. The summed E-state index contributed by atoms with van der Waals surface area (Å²) in [5.74, 6) is 0. The maximum atomic E-state index is 6.40. The van der Waals surface area contributed by atoms with Crippen LogP contribution in [0.3, 0.4) is 0 Å². The molecule has 0 saturated heterocycles. The molecule has 0 aliphatic heterocycles. The number of hydrogen-bond acceptors (Lipinski definition) is 2. The lowest BCUT2D eigenvalue weighted by molar-refractivity contribution is 0.397. The maximum Gasteiger partial charge on any atom is 0.0576 e. The second kappa shape index (κ2) is 5.51. The van der Waals surface area contributed by atoms with Crippen molar-refractivity contribution < 1.29 is 0 Å². The first-order valence-electron chi connectivity index (χ1n) is 5.97. The lowest BCUT2D eigenvalue weighted by Gasteiger charge is -2.32. The van der Waals surface area contributed by atoms with Crippen LogP contribution in [-0.2, 0) is 5.54 Å². The van der Waals surface area contributed by atoms with E-state index in [0.717, 1.165) is 11.1 Å². The molecular weight excluding hydrogens is 279 g/mol. The summed E-state index contributed by atoms with van der Waals surface area (Å²) in [7, 11) is 0. The summed E-state index contributed by atoms with van der Waals surface area (Å²) in [6.07, 6.45) is 0. The van der Waals surface area contributed by atoms with Gasteiger partial charge in [0.1, 0.15) is 0 Å². The van der Waals surface area contributed by atoms with E-state index in [9.17, 15) is 0 Å². The second-order valence-electron chi connectivity index (χ2n) is 4.82. The molecular formula is C15H16Cl2N2. The van der Waals surface area contributed by atoms with Gasteiger partial charge in [0.15, 0.2) is 0 Å². The molecule has 2 aromatic carbocycles. The van der Waals surface area contributed by atoms with Gasteiger partial charge in [0.05, 0.1) is 11.6 Å². The Balaban J connectivity index is 2.32. The van der Waals surface area contributed by atoms with Gasteiger partial charge in [-0.3, -0.25) is 0 Å². The Morgan fingerprint density at radius 3 is 1.79 bits per heavy atom. The zero-order chi connectivity index (χ0) is 14.0. The largest absolute Gasteiger partial charge is 0.322 e. The van der Waals surface area contributed by atoms with Gasteiger partial charge in [-0.05, 0) is 42.3 Å². The molecule has 0 bridgehead atoms. The van der Waals surface area contributed by atoms with E-state index in [-0.39, 0.29) is 6.04 Å². The van der Waals surface area contributed by atoms with Crippen LogP contribution in [0.1, 0.15) is 24.1 Å². The third-order valence-electron chi connectivity index (χ3n) is 3.34. The third-order valence-corrected chi connectivity index (χ3v) is 3.85. The van der Waals surface area contributed by atoms with Crippen LogP contribution in [0.4, 0.5) is 0 Å². The molecule has 4 N–H and O–H groups in total. The molecule has 0 aliphatic rings. The summed E-state index contributed by atoms with van der Waals surface area (Å²) in [6, 6.07) is 14.5. The van der Waals surface area contributed by atoms with Crippen LogP contribution in [-0.4, -0.2) is 0 Å². The van der Waals surface area contributed by atoms with E-state index in [1.165, 1.54) is 0 Å². The van der Waals surface area contributed by atoms with E-state index in [2.05, 4.69) is 0 Å². The van der Waals surface area contributed by atoms with E-state index in [1.54, 1.807) is 0 Å². The Morgan fingerprint density at radius 2 is 1.32 bits per heavy atom. The van der Waals surface area contributed by atoms with Crippen molar-refractivity contribution in [3.63, 3.8) is 0 Å². The van der Waals surface area contributed by atoms with E-state index < -0.39 is 5.54 Å². The van der Waals surface area contributed by atoms with Gasteiger partial charge in [-0.1, -0.05) is 47.5 Å². The van der Waals surface area contributed by atoms with E-state index >= 15 is 0 Å². The molecule has 2 atom stereocenters. The fraction of sp³-hybridized carbons (Fsp3) is 0.200. The fourth-order valence-electron chi connectivity index (χ4n) is 2.00. The Bertz CT molecular complexity index is 547. The van der Waals surface area contributed by atoms with Crippen LogP contribution in [0.15, 0.2) is 48.5 Å². The fourth-order valence-corrected chi connectivity index (χ4v) is 2.26. The molecule has 0 spiro atoms. The van der Waals surface area contributed by atoms with E-state index in [1.807, 2.05) is 55.5 Å². The smallest absolute Gasteiger partial charge is 0.0576 e. The number of halogens is 2. The molecule has 4 heteroatoms. The van der Waals surface area contributed by atoms with Crippen molar-refractivity contribution in [2.75, 3.05) is 0 Å². The summed E-state index contributed by atoms with van der Waals surface area (Å²) >= 11 is 11.8. The zero-order valence-electron chi connectivity index (χ0n) is 10.6. The highest BCUT2D eigenvalue weighted by Crippen LogP contribution is 2.31. The quantitative estimate of drug-likeness (QED) is 0.903. The monoisotopic (exact) mass is 294 g/mol. The van der Waals surface area contributed by atoms with Gasteiger partial charge in [0, 0.05) is 10.0 Å². The summed E-state index contributed by atoms with van der Waals surface area (Å²) in [5.41, 5.74) is 13.9. The van der Waals surface area contributed by atoms with Crippen molar-refractivity contribution in [3.05, 3.63) is 69.7 Å². The standard InChI is InChI=1S/C15H16Cl2N2/c1-15(19,11-4-8-13(17)9-5-11)14(18)10-2-6-12(16)7-3-10/h2-9,14H,18-19H2,1H3/t14?,15-/m0/s1. The number of nitrogens with two attached hydrogens (primary N) is 2. The minimum absolute atomic E-state index is 0.328. The van der Waals surface area contributed by atoms with E-state index in [0.29, 0.717) is 10.0 Å². The third kappa shape index (κ3) is 3.10. The molecule has 2 nitrogen and oxygen atoms in total. The Hall–Kier alpha value is -1.06. The number of benzene rings is 2. The first-order valence-corrected chi connectivity index (χ1v) is 6.73. The maximum absolute atomic E-state index is 6.40. The molecule has 100 valence electrons. The Labute approximate surface area is 123 Å². The van der Waals surface area contributed by atoms with Crippen LogP contribution >= 0.6 is 23.2 Å². The highest BCUT2D eigenvalue weighted by molar-refractivity contribution is 6.30. The normalized spacial score (nSPS) is 15.8. The summed E-state index contributed by atoms with van der Waals surface area (Å²) in [5, 5.41) is 1.36. The van der Waals surface area contributed by atoms with Crippen molar-refractivity contribution >= 4 is 23.2 Å². The molecule has 1 unspecified atom stereocenters. The number of rotatable bonds is 3. The highest BCUT2D eigenvalue weighted by atomic mass is 35.5. The first-order chi connectivity index (χ1) is 8.91. The minimum Gasteiger partial charge on any atom is -0.322 e. The summed E-state index contributed by atoms with van der Waals surface area (Å²) in [4.78, 5) is 0. The molecule has 0 aliphatic carbocycles. The van der Waals surface area contributed by atoms with Crippen LogP contribution in [0.5, 0.6) is 0 Å². The van der Waals surface area contributed by atoms with Gasteiger partial charge >= 0.3 is 0 Å². The van der Waals surface area contributed by atoms with Crippen LogP contribution in [0.25, 0.3) is 0 Å². The molecule has 19 heavy (non-hydrogen) atoms. The van der Waals surface area contributed by atoms with Crippen molar-refractivity contribution in [1.29, 1.82) is 0 Å². The molecule has 0 heterocycles. The predicted octanol–water partition coefficient (Wildman–Crippen LogP) is 3.87. The van der Waals surface area contributed by atoms with Crippen molar-refractivity contribution in [3.8, 4) is 0 Å². The SMILES string of the molecule is C[C@](N)(c1ccc(Cl)cc1)C(N)c1ccc(Cl)cc1. The predicted molar refractivity (Wildman–Crippen MR) is 81.4 cm³/mol. The van der Waals surface area contributed by atoms with Crippen molar-refractivity contribution in [2.24, 2.45) is 11.5 Å². The Morgan fingerprint density at radius 1 is 0.895 bits per heavy atom. The molecule has 0 aromatic heterocycles. The topological polar surface area (TPSA) is 52.0 Å². The zero-order valence-corrected chi connectivity index (χ0v) is 12.1. The van der Waals surface area contributed by atoms with Crippen LogP contribution in [0.2, 0.25) is 10.0 Å². The van der Waals surface area contributed by atoms with Gasteiger partial charge in [0.25, 0.3) is 0 Å². The van der Waals surface area contributed by atoms with Gasteiger partial charge in [-0.25, -0.2) is 0 Å². The van der Waals surface area contributed by atoms with Gasteiger partial charge in [-0.15, -0.1) is 0 Å². The average molecular weight is 295 g/mol. The molecule has 0 fully saturated rings. The van der Waals surface area contributed by atoms with Crippen molar-refractivity contribution in [2.45, 2.75) is 18.5 Å². The first kappa shape index (κ1) is 14.4. The van der Waals surface area contributed by atoms with E-state index in [4.69, 9.17) is 34.7 Å². The van der Waals surface area contributed by atoms with Gasteiger partial charge < -0.3 is 11.5 Å². The summed E-state index contributed by atoms with van der Waals surface area (Å²) < 4.78 is 0. The average Bonchev–Trinajstić information content (AvgIpc) is 2.39. The number of hydrogen-bond donors (Lipinski definition) is 2. The van der Waals surface area contributed by atoms with Crippen LogP contribution in [0, 0.1) is 0 Å². The molecule has 2 aromatic rings. The van der Waals surface area contributed by atoms with Gasteiger partial charge in [-0.2, -0.15) is 0 Å². The summed E-state index contributed by atoms with van der Waals surface area (Å²) in [6.45, 7) is 1.91. The second-order valence-corrected chi connectivity index (χ2v) is 5.69. The highest BCUT2D eigenvalue weighted by Gasteiger charge is 2.30. The molecule has 0 amide bonds. The lowest BCUT2D eigenvalue weighted by atomic mass is 9.82. The molecule has 0 saturated carbocycles. The molecule has 2 rings (SSSR count). The van der Waals surface area contributed by atoms with Crippen LogP contribution < -0.4 is 11.5 Å². The lowest BCUT2D eigenvalue weighted by Crippen LogP contribution is -2.44. The van der Waals surface area contributed by atoms with Crippen molar-refractivity contribution in [1.82, 2.24) is 0 Å². The van der Waals surface area contributed by atoms with Gasteiger partial charge in [0.2, 0.25) is 0 Å². The minimum atomic E-state index is -0.682. The molecule has 0 radical (unpaired) electrons.